The lowest BCUT2D eigenvalue weighted by molar-refractivity contribution is -0.166. The van der Waals surface area contributed by atoms with E-state index < -0.39 is 53.7 Å². The second-order valence-corrected chi connectivity index (χ2v) is 13.6. The summed E-state index contributed by atoms with van der Waals surface area (Å²) in [5, 5.41) is 0.838. The Morgan fingerprint density at radius 2 is 1.65 bits per heavy atom. The van der Waals surface area contributed by atoms with Gasteiger partial charge in [-0.2, -0.15) is 0 Å². The molecule has 0 bridgehead atoms. The first kappa shape index (κ1) is 37.3. The van der Waals surface area contributed by atoms with Crippen LogP contribution >= 0.6 is 0 Å². The molecule has 0 saturated carbocycles. The van der Waals surface area contributed by atoms with Crippen LogP contribution in [0.5, 0.6) is 0 Å². The van der Waals surface area contributed by atoms with Gasteiger partial charge in [-0.1, -0.05) is 18.2 Å². The van der Waals surface area contributed by atoms with Crippen molar-refractivity contribution in [2.75, 3.05) is 19.7 Å². The Kier molecular flexibility index (Phi) is 10.7. The first-order valence-corrected chi connectivity index (χ1v) is 17.8. The van der Waals surface area contributed by atoms with E-state index in [1.165, 1.54) is 25.3 Å². The van der Waals surface area contributed by atoms with Gasteiger partial charge in [-0.15, -0.1) is 0 Å². The molecule has 3 aromatic heterocycles. The number of fused-ring (bicyclic) bond motifs is 3. The van der Waals surface area contributed by atoms with E-state index in [2.05, 4.69) is 9.88 Å². The highest BCUT2D eigenvalue weighted by molar-refractivity contribution is 5.85. The average Bonchev–Trinajstić information content (AvgIpc) is 3.89. The van der Waals surface area contributed by atoms with E-state index in [4.69, 9.17) is 18.9 Å². The van der Waals surface area contributed by atoms with Gasteiger partial charge < -0.3 is 28.5 Å². The van der Waals surface area contributed by atoms with Crippen molar-refractivity contribution in [1.82, 2.24) is 23.6 Å². The third-order valence-corrected chi connectivity index (χ3v) is 9.78. The SMILES string of the molecule is CC(=O)OC[C@H]1O[C@@H](n2ccc(=O)n(C/C=C(\CN3CCc4[nH]c5ccc(F)cc5c4C3)c3ccc(-n4cccc4)cc3)c2=O)[C@H](OC(C)=O)[C@@H]1OC(C)=O. The largest absolute Gasteiger partial charge is 0.463 e. The van der Waals surface area contributed by atoms with Gasteiger partial charge in [0.15, 0.2) is 18.4 Å². The van der Waals surface area contributed by atoms with Crippen LogP contribution in [-0.2, 0) is 52.8 Å². The molecule has 15 heteroatoms. The number of nitrogens with one attached hydrogen (secondary N) is 1. The highest BCUT2D eigenvalue weighted by Gasteiger charge is 2.51. The van der Waals surface area contributed by atoms with Crippen LogP contribution in [0.3, 0.4) is 0 Å². The third-order valence-electron chi connectivity index (χ3n) is 9.78. The van der Waals surface area contributed by atoms with Crippen molar-refractivity contribution in [2.45, 2.75) is 64.8 Å². The van der Waals surface area contributed by atoms with Crippen LogP contribution in [0.2, 0.25) is 0 Å². The average molecular weight is 754 g/mol. The zero-order valence-corrected chi connectivity index (χ0v) is 30.5. The van der Waals surface area contributed by atoms with Crippen molar-refractivity contribution in [1.29, 1.82) is 0 Å². The molecular formula is C40H40FN5O9. The molecule has 0 radical (unpaired) electrons. The molecule has 5 aromatic rings. The van der Waals surface area contributed by atoms with Gasteiger partial charge in [0.25, 0.3) is 5.56 Å². The lowest BCUT2D eigenvalue weighted by Gasteiger charge is -2.28. The summed E-state index contributed by atoms with van der Waals surface area (Å²) in [4.78, 5) is 69.0. The fourth-order valence-electron chi connectivity index (χ4n) is 7.26. The van der Waals surface area contributed by atoms with E-state index in [0.29, 0.717) is 19.6 Å². The number of carbonyl (C=O) groups is 3. The van der Waals surface area contributed by atoms with Gasteiger partial charge in [0.2, 0.25) is 0 Å². The summed E-state index contributed by atoms with van der Waals surface area (Å²) in [5.41, 5.74) is 4.30. The van der Waals surface area contributed by atoms with E-state index in [1.54, 1.807) is 12.1 Å². The van der Waals surface area contributed by atoms with Gasteiger partial charge in [-0.05, 0) is 59.2 Å². The first-order chi connectivity index (χ1) is 26.4. The highest BCUT2D eigenvalue weighted by atomic mass is 19.1. The van der Waals surface area contributed by atoms with Crippen molar-refractivity contribution in [3.8, 4) is 5.69 Å². The number of rotatable bonds is 11. The van der Waals surface area contributed by atoms with Gasteiger partial charge in [-0.25, -0.2) is 9.18 Å². The second-order valence-electron chi connectivity index (χ2n) is 13.6. The number of aromatic nitrogens is 4. The molecular weight excluding hydrogens is 713 g/mol. The molecule has 0 amide bonds. The number of hydrogen-bond donors (Lipinski definition) is 1. The van der Waals surface area contributed by atoms with Crippen LogP contribution < -0.4 is 11.2 Å². The normalized spacial score (nSPS) is 20.0. The molecule has 5 heterocycles. The number of halogens is 1. The maximum absolute atomic E-state index is 14.3. The van der Waals surface area contributed by atoms with E-state index in [9.17, 15) is 28.4 Å². The summed E-state index contributed by atoms with van der Waals surface area (Å²) in [6, 6.07) is 17.7. The number of esters is 3. The van der Waals surface area contributed by atoms with Crippen LogP contribution in [0.25, 0.3) is 22.2 Å². The Balaban J connectivity index is 1.22. The zero-order chi connectivity index (χ0) is 38.8. The Bertz CT molecular complexity index is 2380. The number of nitrogens with zero attached hydrogens (tertiary/aromatic N) is 4. The first-order valence-electron chi connectivity index (χ1n) is 17.8. The van der Waals surface area contributed by atoms with Crippen LogP contribution in [0.4, 0.5) is 4.39 Å². The Morgan fingerprint density at radius 1 is 0.927 bits per heavy atom. The maximum Gasteiger partial charge on any atom is 0.333 e. The molecule has 1 saturated heterocycles. The summed E-state index contributed by atoms with van der Waals surface area (Å²) < 4.78 is 40.5. The second kappa shape index (κ2) is 15.7. The molecule has 1 fully saturated rings. The fourth-order valence-corrected chi connectivity index (χ4v) is 7.26. The standard InChI is InChI=1S/C40H40FN5O9/c1-24(47)52-23-35-37(53-25(2)48)38(54-26(3)49)39(55-35)46-19-14-36(50)45(40(46)51)18-12-28(27-6-9-30(10-7-27)44-15-4-5-16-44)21-43-17-13-34-32(22-43)31-20-29(41)8-11-33(31)42-34/h4-12,14-16,19-20,35,37-39,42H,13,17-18,21-23H2,1-3H3/b28-12+/t35-,37-,38-,39-/m1/s1. The van der Waals surface area contributed by atoms with Crippen molar-refractivity contribution < 1.29 is 37.7 Å². The zero-order valence-electron chi connectivity index (χ0n) is 30.5. The molecule has 286 valence electrons. The summed E-state index contributed by atoms with van der Waals surface area (Å²) in [7, 11) is 0. The summed E-state index contributed by atoms with van der Waals surface area (Å²) in [5.74, 6) is -2.37. The van der Waals surface area contributed by atoms with Gasteiger partial charge in [0, 0.05) is 100 Å². The molecule has 0 aliphatic carbocycles. The number of allylic oxidation sites excluding steroid dienone is 1. The molecule has 2 aromatic carbocycles. The van der Waals surface area contributed by atoms with Crippen molar-refractivity contribution in [2.24, 2.45) is 0 Å². The summed E-state index contributed by atoms with van der Waals surface area (Å²) in [6.45, 7) is 4.77. The predicted octanol–water partition coefficient (Wildman–Crippen LogP) is 3.89. The molecule has 14 nitrogen and oxygen atoms in total. The van der Waals surface area contributed by atoms with Gasteiger partial charge in [-0.3, -0.25) is 33.2 Å². The number of ether oxygens (including phenoxy) is 4. The summed E-state index contributed by atoms with van der Waals surface area (Å²) >= 11 is 0. The number of aromatic amines is 1. The molecule has 1 N–H and O–H groups in total. The number of benzene rings is 2. The molecule has 0 spiro atoms. The number of carbonyl (C=O) groups excluding carboxylic acids is 3. The Labute approximate surface area is 314 Å². The minimum Gasteiger partial charge on any atom is -0.463 e. The smallest absolute Gasteiger partial charge is 0.333 e. The monoisotopic (exact) mass is 753 g/mol. The van der Waals surface area contributed by atoms with Crippen LogP contribution in [-0.4, -0.2) is 79.5 Å². The van der Waals surface area contributed by atoms with Crippen LogP contribution in [0.15, 0.2) is 94.9 Å². The fraction of sp³-hybridized carbons (Fsp3) is 0.325. The Morgan fingerprint density at radius 3 is 2.36 bits per heavy atom. The van der Waals surface area contributed by atoms with Crippen LogP contribution in [0.1, 0.15) is 43.8 Å². The lowest BCUT2D eigenvalue weighted by Crippen LogP contribution is -2.45. The van der Waals surface area contributed by atoms with Gasteiger partial charge in [0.1, 0.15) is 18.5 Å². The van der Waals surface area contributed by atoms with Gasteiger partial charge >= 0.3 is 23.6 Å². The van der Waals surface area contributed by atoms with Crippen molar-refractivity contribution in [3.63, 3.8) is 0 Å². The van der Waals surface area contributed by atoms with Gasteiger partial charge in [0.05, 0.1) is 0 Å². The lowest BCUT2D eigenvalue weighted by atomic mass is 10.0. The van der Waals surface area contributed by atoms with E-state index >= 15 is 0 Å². The Hall–Kier alpha value is -6.06. The quantitative estimate of drug-likeness (QED) is 0.155. The molecule has 7 rings (SSSR count). The predicted molar refractivity (Wildman–Crippen MR) is 198 cm³/mol. The van der Waals surface area contributed by atoms with E-state index in [1.807, 2.05) is 59.4 Å². The van der Waals surface area contributed by atoms with E-state index in [-0.39, 0.29) is 19.0 Å². The number of hydrogen-bond acceptors (Lipinski definition) is 10. The van der Waals surface area contributed by atoms with E-state index in [0.717, 1.165) is 68.4 Å². The van der Waals surface area contributed by atoms with Crippen molar-refractivity contribution >= 4 is 34.4 Å². The molecule has 0 unspecified atom stereocenters. The highest BCUT2D eigenvalue weighted by Crippen LogP contribution is 2.34. The molecule has 55 heavy (non-hydrogen) atoms. The molecule has 4 atom stereocenters. The van der Waals surface area contributed by atoms with Crippen molar-refractivity contribution in [3.05, 3.63) is 129 Å². The molecule has 2 aliphatic heterocycles. The van der Waals surface area contributed by atoms with Crippen LogP contribution in [0, 0.1) is 5.82 Å². The topological polar surface area (TPSA) is 156 Å². The minimum absolute atomic E-state index is 0.125. The maximum atomic E-state index is 14.3. The third kappa shape index (κ3) is 8.07. The number of H-pyrrole nitrogens is 1. The molecule has 2 aliphatic rings. The summed E-state index contributed by atoms with van der Waals surface area (Å²) in [6.07, 6.45) is 2.72. The minimum atomic E-state index is -1.33.